The van der Waals surface area contributed by atoms with Gasteiger partial charge < -0.3 is 14.2 Å². The number of unbranched alkanes of at least 4 members (excludes halogenated alkanes) is 5. The maximum absolute atomic E-state index is 12.8. The molecular formula is C24H30O5S. The number of rotatable bonds is 13. The summed E-state index contributed by atoms with van der Waals surface area (Å²) in [5, 5.41) is 0. The second kappa shape index (κ2) is 13.0. The number of thiol groups is 1. The Morgan fingerprint density at radius 3 is 1.83 bits per heavy atom. The van der Waals surface area contributed by atoms with Crippen LogP contribution < -0.4 is 9.47 Å². The molecule has 0 unspecified atom stereocenters. The maximum Gasteiger partial charge on any atom is 0.338 e. The second-order valence-corrected chi connectivity index (χ2v) is 7.44. The van der Waals surface area contributed by atoms with E-state index in [2.05, 4.69) is 12.6 Å². The van der Waals surface area contributed by atoms with Crippen LogP contribution in [0.15, 0.2) is 42.5 Å². The van der Waals surface area contributed by atoms with Crippen molar-refractivity contribution in [2.75, 3.05) is 26.6 Å². The number of esters is 1. The molecule has 0 N–H and O–H groups in total. The van der Waals surface area contributed by atoms with Crippen molar-refractivity contribution < 1.29 is 23.8 Å². The van der Waals surface area contributed by atoms with Crippen molar-refractivity contribution in [3.8, 4) is 11.5 Å². The molecule has 2 aromatic carbocycles. The Balaban J connectivity index is 1.87. The number of methoxy groups -OCH3 is 2. The molecule has 0 saturated carbocycles. The zero-order valence-corrected chi connectivity index (χ0v) is 18.6. The number of hydrogen-bond donors (Lipinski definition) is 1. The number of ether oxygens (including phenoxy) is 3. The molecule has 0 radical (unpaired) electrons. The van der Waals surface area contributed by atoms with Crippen LogP contribution in [0.5, 0.6) is 11.5 Å². The Bertz CT molecular complexity index is 795. The summed E-state index contributed by atoms with van der Waals surface area (Å²) in [7, 11) is 3.07. The van der Waals surface area contributed by atoms with Gasteiger partial charge in [0.25, 0.3) is 0 Å². The Morgan fingerprint density at radius 1 is 0.733 bits per heavy atom. The molecule has 6 heteroatoms. The summed E-state index contributed by atoms with van der Waals surface area (Å²) in [6, 6.07) is 11.5. The first-order valence-electron chi connectivity index (χ1n) is 10.2. The Hall–Kier alpha value is -2.47. The number of carbonyl (C=O) groups excluding carboxylic acids is 2. The normalized spacial score (nSPS) is 10.5. The van der Waals surface area contributed by atoms with Crippen molar-refractivity contribution in [2.45, 2.75) is 38.5 Å². The third-order valence-corrected chi connectivity index (χ3v) is 5.10. The minimum absolute atomic E-state index is 0.176. The largest absolute Gasteiger partial charge is 0.497 e. The monoisotopic (exact) mass is 430 g/mol. The van der Waals surface area contributed by atoms with E-state index in [-0.39, 0.29) is 11.8 Å². The molecule has 0 aliphatic rings. The van der Waals surface area contributed by atoms with Crippen molar-refractivity contribution >= 4 is 24.4 Å². The Morgan fingerprint density at radius 2 is 1.27 bits per heavy atom. The molecule has 0 aromatic heterocycles. The molecular weight excluding hydrogens is 400 g/mol. The molecule has 2 aromatic rings. The van der Waals surface area contributed by atoms with Crippen molar-refractivity contribution in [3.63, 3.8) is 0 Å². The lowest BCUT2D eigenvalue weighted by molar-refractivity contribution is 0.0497. The summed E-state index contributed by atoms with van der Waals surface area (Å²) in [5.41, 5.74) is 1.36. The quantitative estimate of drug-likeness (QED) is 0.201. The first-order valence-corrected chi connectivity index (χ1v) is 10.9. The van der Waals surface area contributed by atoms with Crippen LogP contribution in [0.3, 0.4) is 0 Å². The second-order valence-electron chi connectivity index (χ2n) is 6.99. The highest BCUT2D eigenvalue weighted by Gasteiger charge is 2.14. The SMILES string of the molecule is COc1cc(OC)cc(C(=O)c2ccc(C(=O)OCCCCCCCCS)cc2)c1. The molecule has 0 aliphatic carbocycles. The van der Waals surface area contributed by atoms with Gasteiger partial charge in [0.05, 0.1) is 26.4 Å². The molecule has 0 amide bonds. The van der Waals surface area contributed by atoms with Gasteiger partial charge >= 0.3 is 5.97 Å². The fraction of sp³-hybridized carbons (Fsp3) is 0.417. The molecule has 0 spiro atoms. The lowest BCUT2D eigenvalue weighted by Gasteiger charge is -2.09. The van der Waals surface area contributed by atoms with Crippen molar-refractivity contribution in [1.82, 2.24) is 0 Å². The van der Waals surface area contributed by atoms with Crippen LogP contribution in [0.25, 0.3) is 0 Å². The number of ketones is 1. The molecule has 0 heterocycles. The van der Waals surface area contributed by atoms with Crippen LogP contribution in [0.2, 0.25) is 0 Å². The average Bonchev–Trinajstić information content (AvgIpc) is 2.79. The molecule has 30 heavy (non-hydrogen) atoms. The third kappa shape index (κ3) is 7.41. The summed E-state index contributed by atoms with van der Waals surface area (Å²) in [6.07, 6.45) is 6.62. The average molecular weight is 431 g/mol. The van der Waals surface area contributed by atoms with Crippen molar-refractivity contribution in [1.29, 1.82) is 0 Å². The fourth-order valence-electron chi connectivity index (χ4n) is 3.03. The lowest BCUT2D eigenvalue weighted by atomic mass is 10.0. The predicted octanol–water partition coefficient (Wildman–Crippen LogP) is 5.36. The van der Waals surface area contributed by atoms with Gasteiger partial charge in [-0.3, -0.25) is 4.79 Å². The van der Waals surface area contributed by atoms with E-state index in [9.17, 15) is 9.59 Å². The van der Waals surface area contributed by atoms with Gasteiger partial charge in [0.15, 0.2) is 5.78 Å². The smallest absolute Gasteiger partial charge is 0.338 e. The molecule has 0 aliphatic heterocycles. The van der Waals surface area contributed by atoms with Gasteiger partial charge in [-0.2, -0.15) is 12.6 Å². The summed E-state index contributed by atoms with van der Waals surface area (Å²) < 4.78 is 15.8. The third-order valence-electron chi connectivity index (χ3n) is 4.78. The minimum atomic E-state index is -0.368. The van der Waals surface area contributed by atoms with Crippen molar-refractivity contribution in [2.24, 2.45) is 0 Å². The fourth-order valence-corrected chi connectivity index (χ4v) is 3.26. The zero-order chi connectivity index (χ0) is 21.8. The number of benzene rings is 2. The van der Waals surface area contributed by atoms with E-state index in [1.807, 2.05) is 0 Å². The van der Waals surface area contributed by atoms with Crippen LogP contribution in [-0.2, 0) is 4.74 Å². The first kappa shape index (κ1) is 23.8. The standard InChI is InChI=1S/C24H30O5S/c1-27-21-15-20(16-22(17-21)28-2)23(25)18-9-11-19(12-10-18)24(26)29-13-7-5-3-4-6-8-14-30/h9-12,15-17,30H,3-8,13-14H2,1-2H3. The van der Waals surface area contributed by atoms with E-state index in [0.29, 0.717) is 34.8 Å². The van der Waals surface area contributed by atoms with Crippen LogP contribution in [0, 0.1) is 0 Å². The van der Waals surface area contributed by atoms with Gasteiger partial charge in [0.1, 0.15) is 11.5 Å². The lowest BCUT2D eigenvalue weighted by Crippen LogP contribution is -2.08. The van der Waals surface area contributed by atoms with E-state index in [1.165, 1.54) is 27.1 Å². The molecule has 0 saturated heterocycles. The van der Waals surface area contributed by atoms with Gasteiger partial charge in [0, 0.05) is 17.2 Å². The molecule has 0 atom stereocenters. The highest BCUT2D eigenvalue weighted by Crippen LogP contribution is 2.24. The highest BCUT2D eigenvalue weighted by atomic mass is 32.1. The summed E-state index contributed by atoms with van der Waals surface area (Å²) in [4.78, 5) is 25.0. The molecule has 162 valence electrons. The maximum atomic E-state index is 12.8. The predicted molar refractivity (Wildman–Crippen MR) is 121 cm³/mol. The zero-order valence-electron chi connectivity index (χ0n) is 17.7. The minimum Gasteiger partial charge on any atom is -0.497 e. The van der Waals surface area contributed by atoms with Gasteiger partial charge in [-0.1, -0.05) is 37.8 Å². The van der Waals surface area contributed by atoms with Crippen LogP contribution in [-0.4, -0.2) is 38.3 Å². The van der Waals surface area contributed by atoms with E-state index >= 15 is 0 Å². The van der Waals surface area contributed by atoms with Crippen LogP contribution in [0.1, 0.15) is 64.8 Å². The molecule has 5 nitrogen and oxygen atoms in total. The summed E-state index contributed by atoms with van der Waals surface area (Å²) in [6.45, 7) is 0.412. The van der Waals surface area contributed by atoms with E-state index in [0.717, 1.165) is 31.4 Å². The molecule has 0 bridgehead atoms. The van der Waals surface area contributed by atoms with Crippen LogP contribution in [0.4, 0.5) is 0 Å². The van der Waals surface area contributed by atoms with E-state index in [1.54, 1.807) is 42.5 Å². The van der Waals surface area contributed by atoms with Crippen LogP contribution >= 0.6 is 12.6 Å². The van der Waals surface area contributed by atoms with Gasteiger partial charge in [-0.25, -0.2) is 4.79 Å². The first-order chi connectivity index (χ1) is 14.6. The van der Waals surface area contributed by atoms with E-state index in [4.69, 9.17) is 14.2 Å². The topological polar surface area (TPSA) is 61.8 Å². The highest BCUT2D eigenvalue weighted by molar-refractivity contribution is 7.80. The van der Waals surface area contributed by atoms with E-state index < -0.39 is 0 Å². The van der Waals surface area contributed by atoms with Gasteiger partial charge in [-0.05, 0) is 42.9 Å². The summed E-state index contributed by atoms with van der Waals surface area (Å²) in [5.74, 6) is 1.48. The Kier molecular flexibility index (Phi) is 10.3. The molecule has 0 fully saturated rings. The number of carbonyl (C=O) groups is 2. The Labute approximate surface area is 184 Å². The summed E-state index contributed by atoms with van der Waals surface area (Å²) >= 11 is 4.20. The van der Waals surface area contributed by atoms with Crippen molar-refractivity contribution in [3.05, 3.63) is 59.2 Å². The van der Waals surface area contributed by atoms with Gasteiger partial charge in [0.2, 0.25) is 0 Å². The number of hydrogen-bond acceptors (Lipinski definition) is 6. The van der Waals surface area contributed by atoms with Gasteiger partial charge in [-0.15, -0.1) is 0 Å². The molecule has 2 rings (SSSR count).